The van der Waals surface area contributed by atoms with E-state index in [9.17, 15) is 0 Å². The van der Waals surface area contributed by atoms with Gasteiger partial charge in [-0.05, 0) is 75.7 Å². The van der Waals surface area contributed by atoms with Crippen LogP contribution in [0.1, 0.15) is 81.1 Å². The lowest BCUT2D eigenvalue weighted by atomic mass is 9.60. The second-order valence-electron chi connectivity index (χ2n) is 13.1. The van der Waals surface area contributed by atoms with Gasteiger partial charge in [0.1, 0.15) is 0 Å². The average molecular weight is 393 g/mol. The molecule has 0 amide bonds. The van der Waals surface area contributed by atoms with Crippen LogP contribution in [0.25, 0.3) is 0 Å². The number of rotatable bonds is 2. The molecule has 0 bridgehead atoms. The molecule has 0 aromatic heterocycles. The van der Waals surface area contributed by atoms with Crippen LogP contribution >= 0.6 is 0 Å². The second kappa shape index (κ2) is 7.00. The lowest BCUT2D eigenvalue weighted by Gasteiger charge is -2.44. The van der Waals surface area contributed by atoms with Crippen molar-refractivity contribution in [2.75, 3.05) is 0 Å². The zero-order valence-corrected chi connectivity index (χ0v) is 20.3. The van der Waals surface area contributed by atoms with Gasteiger partial charge in [0.15, 0.2) is 0 Å². The van der Waals surface area contributed by atoms with E-state index < -0.39 is 0 Å². The van der Waals surface area contributed by atoms with E-state index in [2.05, 4.69) is 91.8 Å². The van der Waals surface area contributed by atoms with Gasteiger partial charge in [0.05, 0.1) is 0 Å². The van der Waals surface area contributed by atoms with Crippen molar-refractivity contribution in [1.29, 1.82) is 0 Å². The molecule has 0 N–H and O–H groups in total. The Morgan fingerprint density at radius 3 is 1.41 bits per heavy atom. The quantitative estimate of drug-likeness (QED) is 0.442. The summed E-state index contributed by atoms with van der Waals surface area (Å²) in [5.41, 5.74) is 3.97. The third-order valence-corrected chi connectivity index (χ3v) is 8.90. The van der Waals surface area contributed by atoms with Gasteiger partial charge in [0, 0.05) is 0 Å². The van der Waals surface area contributed by atoms with E-state index in [1.807, 2.05) is 0 Å². The second-order valence-corrected chi connectivity index (χ2v) is 13.1. The first kappa shape index (κ1) is 21.2. The molecular formula is C29H44. The van der Waals surface area contributed by atoms with Crippen LogP contribution in [0.5, 0.6) is 0 Å². The Morgan fingerprint density at radius 1 is 0.621 bits per heavy atom. The summed E-state index contributed by atoms with van der Waals surface area (Å²) in [6.07, 6.45) is 21.3. The van der Waals surface area contributed by atoms with E-state index in [1.165, 1.54) is 25.7 Å². The summed E-state index contributed by atoms with van der Waals surface area (Å²) in [6.45, 7) is 19.5. The maximum absolute atomic E-state index is 2.71. The largest absolute Gasteiger partial charge is 0.0799 e. The first-order valence-electron chi connectivity index (χ1n) is 12.2. The van der Waals surface area contributed by atoms with Crippen molar-refractivity contribution in [2.45, 2.75) is 81.1 Å². The minimum Gasteiger partial charge on any atom is -0.0799 e. The molecule has 4 unspecified atom stereocenters. The van der Waals surface area contributed by atoms with Crippen LogP contribution in [0.15, 0.2) is 47.6 Å². The van der Waals surface area contributed by atoms with Crippen molar-refractivity contribution in [1.82, 2.24) is 0 Å². The molecule has 4 rings (SSSR count). The summed E-state index contributed by atoms with van der Waals surface area (Å²) in [6, 6.07) is 0. The first-order chi connectivity index (χ1) is 13.4. The molecule has 0 radical (unpaired) electrons. The van der Waals surface area contributed by atoms with E-state index in [4.69, 9.17) is 0 Å². The highest BCUT2D eigenvalue weighted by Gasteiger charge is 2.55. The van der Waals surface area contributed by atoms with E-state index in [1.54, 1.807) is 11.1 Å². The molecule has 0 spiro atoms. The maximum atomic E-state index is 2.71. The zero-order chi connectivity index (χ0) is 21.2. The van der Waals surface area contributed by atoms with Crippen molar-refractivity contribution >= 4 is 0 Å². The van der Waals surface area contributed by atoms with Crippen LogP contribution in [-0.4, -0.2) is 0 Å². The predicted octanol–water partition coefficient (Wildman–Crippen LogP) is 8.38. The summed E-state index contributed by atoms with van der Waals surface area (Å²) in [5.74, 6) is 4.34. The Hall–Kier alpha value is -1.04. The van der Waals surface area contributed by atoms with Gasteiger partial charge in [-0.3, -0.25) is 0 Å². The lowest BCUT2D eigenvalue weighted by molar-refractivity contribution is 0.0741. The van der Waals surface area contributed by atoms with Crippen LogP contribution in [-0.2, 0) is 0 Å². The molecule has 4 aliphatic carbocycles. The Balaban J connectivity index is 1.79. The Bertz CT molecular complexity index is 697. The molecule has 0 aliphatic heterocycles. The zero-order valence-electron chi connectivity index (χ0n) is 20.3. The van der Waals surface area contributed by atoms with Gasteiger partial charge in [-0.25, -0.2) is 0 Å². The van der Waals surface area contributed by atoms with Crippen LogP contribution in [0, 0.1) is 51.8 Å². The van der Waals surface area contributed by atoms with Gasteiger partial charge < -0.3 is 0 Å². The van der Waals surface area contributed by atoms with E-state index >= 15 is 0 Å². The van der Waals surface area contributed by atoms with Gasteiger partial charge in [-0.1, -0.05) is 105 Å². The van der Waals surface area contributed by atoms with Crippen molar-refractivity contribution in [3.8, 4) is 0 Å². The van der Waals surface area contributed by atoms with E-state index in [0.29, 0.717) is 29.1 Å². The molecule has 0 aromatic rings. The van der Waals surface area contributed by atoms with Crippen LogP contribution in [0.3, 0.4) is 0 Å². The molecule has 0 aromatic carbocycles. The summed E-state index contributed by atoms with van der Waals surface area (Å²) in [5, 5.41) is 0. The van der Waals surface area contributed by atoms with E-state index in [-0.39, 0.29) is 10.8 Å². The van der Waals surface area contributed by atoms with E-state index in [0.717, 1.165) is 11.8 Å². The standard InChI is InChI=1S/C29H44/c1-27(2,3)20-13-15-22-23-16-14-21(28(4,5)6)18-25(23)26(24(22)17-20)29(7,8)19-11-9-10-12-19/h13-19,22-26H,9-12H2,1-8H3. The monoisotopic (exact) mass is 392 g/mol. The smallest absolute Gasteiger partial charge is 0.00952 e. The summed E-state index contributed by atoms with van der Waals surface area (Å²) < 4.78 is 0. The number of allylic oxidation sites excluding steroid dienone is 8. The molecule has 0 nitrogen and oxygen atoms in total. The molecule has 2 saturated carbocycles. The Morgan fingerprint density at radius 2 is 1.03 bits per heavy atom. The fourth-order valence-electron chi connectivity index (χ4n) is 7.08. The first-order valence-corrected chi connectivity index (χ1v) is 12.2. The van der Waals surface area contributed by atoms with Gasteiger partial charge in [-0.15, -0.1) is 0 Å². The SMILES string of the molecule is CC(C)(C)C1=CC2C(C=C1)C1C=CC(C(C)(C)C)=CC1C2C(C)(C)C1CCCC1. The summed E-state index contributed by atoms with van der Waals surface area (Å²) in [4.78, 5) is 0. The predicted molar refractivity (Wildman–Crippen MR) is 127 cm³/mol. The van der Waals surface area contributed by atoms with Gasteiger partial charge in [-0.2, -0.15) is 0 Å². The fourth-order valence-corrected chi connectivity index (χ4v) is 7.08. The van der Waals surface area contributed by atoms with Crippen LogP contribution < -0.4 is 0 Å². The molecule has 0 heteroatoms. The minimum atomic E-state index is 0.236. The molecular weight excluding hydrogens is 348 g/mol. The van der Waals surface area contributed by atoms with Crippen molar-refractivity contribution in [2.24, 2.45) is 51.8 Å². The lowest BCUT2D eigenvalue weighted by Crippen LogP contribution is -2.38. The van der Waals surface area contributed by atoms with Crippen molar-refractivity contribution in [3.05, 3.63) is 47.6 Å². The highest BCUT2D eigenvalue weighted by atomic mass is 14.6. The van der Waals surface area contributed by atoms with Gasteiger partial charge >= 0.3 is 0 Å². The van der Waals surface area contributed by atoms with Crippen molar-refractivity contribution in [3.63, 3.8) is 0 Å². The third-order valence-electron chi connectivity index (χ3n) is 8.90. The highest BCUT2D eigenvalue weighted by Crippen LogP contribution is 2.62. The summed E-state index contributed by atoms with van der Waals surface area (Å²) in [7, 11) is 0. The number of fused-ring (bicyclic) bond motifs is 3. The van der Waals surface area contributed by atoms with Crippen LogP contribution in [0.2, 0.25) is 0 Å². The number of hydrogen-bond acceptors (Lipinski definition) is 0. The average Bonchev–Trinajstić information content (AvgIpc) is 3.26. The summed E-state index contributed by atoms with van der Waals surface area (Å²) >= 11 is 0. The highest BCUT2D eigenvalue weighted by molar-refractivity contribution is 5.39. The Kier molecular flexibility index (Phi) is 5.12. The fraction of sp³-hybridized carbons (Fsp3) is 0.724. The maximum Gasteiger partial charge on any atom is -0.00952 e. The normalized spacial score (nSPS) is 35.4. The van der Waals surface area contributed by atoms with Gasteiger partial charge in [0.25, 0.3) is 0 Å². The topological polar surface area (TPSA) is 0 Å². The molecule has 4 aliphatic rings. The van der Waals surface area contributed by atoms with Crippen molar-refractivity contribution < 1.29 is 0 Å². The van der Waals surface area contributed by atoms with Gasteiger partial charge in [0.2, 0.25) is 0 Å². The van der Waals surface area contributed by atoms with Crippen LogP contribution in [0.4, 0.5) is 0 Å². The molecule has 0 heterocycles. The molecule has 160 valence electrons. The number of hydrogen-bond donors (Lipinski definition) is 0. The molecule has 2 fully saturated rings. The molecule has 29 heavy (non-hydrogen) atoms. The Labute approximate surface area is 180 Å². The minimum absolute atomic E-state index is 0.236. The molecule has 0 saturated heterocycles. The third kappa shape index (κ3) is 3.64. The molecule has 4 atom stereocenters.